The van der Waals surface area contributed by atoms with Gasteiger partial charge in [-0.1, -0.05) is 12.1 Å². The van der Waals surface area contributed by atoms with Crippen LogP contribution in [0.25, 0.3) is 0 Å². The lowest BCUT2D eigenvalue weighted by Gasteiger charge is -2.37. The van der Waals surface area contributed by atoms with E-state index in [4.69, 9.17) is 9.47 Å². The number of carbonyl (C=O) groups is 2. The first kappa shape index (κ1) is 17.0. The molecule has 1 fully saturated rings. The number of benzene rings is 1. The summed E-state index contributed by atoms with van der Waals surface area (Å²) in [6, 6.07) is 7.28. The highest BCUT2D eigenvalue weighted by Gasteiger charge is 2.37. The average molecular weight is 373 g/mol. The molecule has 1 saturated heterocycles. The van der Waals surface area contributed by atoms with Crippen LogP contribution in [0.5, 0.6) is 5.75 Å². The second-order valence-corrected chi connectivity index (χ2v) is 7.24. The molecule has 2 aliphatic rings. The molecule has 1 unspecified atom stereocenters. The van der Waals surface area contributed by atoms with E-state index in [2.05, 4.69) is 4.98 Å². The maximum atomic E-state index is 13.0. The number of ether oxygens (including phenoxy) is 2. The van der Waals surface area contributed by atoms with Crippen LogP contribution in [0.15, 0.2) is 29.6 Å². The average Bonchev–Trinajstić information content (AvgIpc) is 3.13. The highest BCUT2D eigenvalue weighted by Crippen LogP contribution is 2.34. The van der Waals surface area contributed by atoms with E-state index >= 15 is 0 Å². The van der Waals surface area contributed by atoms with Crippen molar-refractivity contribution in [3.63, 3.8) is 0 Å². The van der Waals surface area contributed by atoms with Gasteiger partial charge in [-0.05, 0) is 19.1 Å². The predicted molar refractivity (Wildman–Crippen MR) is 96.8 cm³/mol. The van der Waals surface area contributed by atoms with Crippen LogP contribution in [-0.4, -0.2) is 60.7 Å². The molecule has 4 rings (SSSR count). The Labute approximate surface area is 155 Å². The number of hydrogen-bond acceptors (Lipinski definition) is 6. The minimum atomic E-state index is -0.730. The number of thiazole rings is 1. The molecule has 136 valence electrons. The SMILES string of the molecule is Cc1nc(C(=O)N2CC(C(=O)N3CCOCC3)Oc3ccccc32)cs1. The zero-order valence-electron chi connectivity index (χ0n) is 14.4. The van der Waals surface area contributed by atoms with Crippen LogP contribution >= 0.6 is 11.3 Å². The van der Waals surface area contributed by atoms with Gasteiger partial charge in [0.2, 0.25) is 0 Å². The van der Waals surface area contributed by atoms with Crippen LogP contribution in [0.2, 0.25) is 0 Å². The van der Waals surface area contributed by atoms with Crippen molar-refractivity contribution >= 4 is 28.8 Å². The Morgan fingerprint density at radius 1 is 1.23 bits per heavy atom. The standard InChI is InChI=1S/C18H19N3O4S/c1-12-19-13(11-26-12)17(22)21-10-16(18(23)20-6-8-24-9-7-20)25-15-5-3-2-4-14(15)21/h2-5,11,16H,6-10H2,1H3. The number of morpholine rings is 1. The van der Waals surface area contributed by atoms with Gasteiger partial charge in [0.25, 0.3) is 11.8 Å². The number of carbonyl (C=O) groups excluding carboxylic acids is 2. The molecule has 26 heavy (non-hydrogen) atoms. The van der Waals surface area contributed by atoms with Gasteiger partial charge in [-0.2, -0.15) is 0 Å². The highest BCUT2D eigenvalue weighted by molar-refractivity contribution is 7.09. The van der Waals surface area contributed by atoms with E-state index < -0.39 is 6.10 Å². The van der Waals surface area contributed by atoms with Gasteiger partial charge >= 0.3 is 0 Å². The second-order valence-electron chi connectivity index (χ2n) is 6.18. The molecule has 2 amide bonds. The van der Waals surface area contributed by atoms with E-state index in [1.807, 2.05) is 25.1 Å². The summed E-state index contributed by atoms with van der Waals surface area (Å²) in [5.74, 6) is 0.200. The minimum Gasteiger partial charge on any atom is -0.476 e. The van der Waals surface area contributed by atoms with E-state index in [9.17, 15) is 9.59 Å². The Kier molecular flexibility index (Phi) is 4.60. The number of rotatable bonds is 2. The summed E-state index contributed by atoms with van der Waals surface area (Å²) in [6.07, 6.45) is -0.730. The minimum absolute atomic E-state index is 0.116. The zero-order chi connectivity index (χ0) is 18.1. The number of amides is 2. The Balaban J connectivity index is 1.62. The van der Waals surface area contributed by atoms with E-state index in [0.29, 0.717) is 43.4 Å². The van der Waals surface area contributed by atoms with E-state index in [1.54, 1.807) is 21.2 Å². The van der Waals surface area contributed by atoms with Gasteiger partial charge in [-0.3, -0.25) is 14.5 Å². The molecular formula is C18H19N3O4S. The molecule has 0 radical (unpaired) electrons. The monoisotopic (exact) mass is 373 g/mol. The summed E-state index contributed by atoms with van der Waals surface area (Å²) in [4.78, 5) is 33.5. The molecule has 7 nitrogen and oxygen atoms in total. The number of anilines is 1. The van der Waals surface area contributed by atoms with E-state index in [0.717, 1.165) is 5.01 Å². The van der Waals surface area contributed by atoms with Crippen LogP contribution in [0, 0.1) is 6.92 Å². The normalized spacial score (nSPS) is 19.7. The molecule has 1 atom stereocenters. The lowest BCUT2D eigenvalue weighted by atomic mass is 10.1. The Bertz CT molecular complexity index is 831. The largest absolute Gasteiger partial charge is 0.476 e. The van der Waals surface area contributed by atoms with Crippen molar-refractivity contribution in [1.29, 1.82) is 0 Å². The molecule has 0 N–H and O–H groups in total. The summed E-state index contributed by atoms with van der Waals surface area (Å²) in [5.41, 5.74) is 1.05. The lowest BCUT2D eigenvalue weighted by molar-refractivity contribution is -0.142. The molecule has 8 heteroatoms. The van der Waals surface area contributed by atoms with Gasteiger partial charge in [0, 0.05) is 18.5 Å². The second kappa shape index (κ2) is 7.05. The van der Waals surface area contributed by atoms with Gasteiger partial charge in [-0.25, -0.2) is 4.98 Å². The smallest absolute Gasteiger partial charge is 0.278 e. The van der Waals surface area contributed by atoms with E-state index in [1.165, 1.54) is 11.3 Å². The van der Waals surface area contributed by atoms with Crippen LogP contribution in [0.4, 0.5) is 5.69 Å². The highest BCUT2D eigenvalue weighted by atomic mass is 32.1. The predicted octanol–water partition coefficient (Wildman–Crippen LogP) is 1.72. The molecule has 3 heterocycles. The van der Waals surface area contributed by atoms with Crippen LogP contribution in [0.3, 0.4) is 0 Å². The lowest BCUT2D eigenvalue weighted by Crippen LogP contribution is -2.54. The van der Waals surface area contributed by atoms with Crippen molar-refractivity contribution in [3.8, 4) is 5.75 Å². The molecule has 0 bridgehead atoms. The number of hydrogen-bond donors (Lipinski definition) is 0. The van der Waals surface area contributed by atoms with Crippen molar-refractivity contribution < 1.29 is 19.1 Å². The topological polar surface area (TPSA) is 72.0 Å². The fourth-order valence-electron chi connectivity index (χ4n) is 3.14. The number of fused-ring (bicyclic) bond motifs is 1. The van der Waals surface area contributed by atoms with Gasteiger partial charge in [-0.15, -0.1) is 11.3 Å². The third kappa shape index (κ3) is 3.17. The Morgan fingerprint density at radius 2 is 2.00 bits per heavy atom. The van der Waals surface area contributed by atoms with Crippen LogP contribution in [0.1, 0.15) is 15.5 Å². The third-order valence-corrected chi connectivity index (χ3v) is 5.23. The Hall–Kier alpha value is -2.45. The van der Waals surface area contributed by atoms with Crippen LogP contribution in [-0.2, 0) is 9.53 Å². The molecule has 1 aromatic heterocycles. The fourth-order valence-corrected chi connectivity index (χ4v) is 3.73. The van der Waals surface area contributed by atoms with Gasteiger partial charge < -0.3 is 14.4 Å². The molecule has 0 spiro atoms. The van der Waals surface area contributed by atoms with Crippen molar-refractivity contribution in [1.82, 2.24) is 9.88 Å². The van der Waals surface area contributed by atoms with E-state index in [-0.39, 0.29) is 18.4 Å². The fraction of sp³-hybridized carbons (Fsp3) is 0.389. The summed E-state index contributed by atoms with van der Waals surface area (Å²) in [7, 11) is 0. The number of nitrogens with zero attached hydrogens (tertiary/aromatic N) is 3. The first-order chi connectivity index (χ1) is 12.6. The first-order valence-electron chi connectivity index (χ1n) is 8.49. The van der Waals surface area contributed by atoms with Gasteiger partial charge in [0.1, 0.15) is 11.4 Å². The zero-order valence-corrected chi connectivity index (χ0v) is 15.2. The van der Waals surface area contributed by atoms with Gasteiger partial charge in [0.05, 0.1) is 30.5 Å². The molecule has 2 aliphatic heterocycles. The number of para-hydroxylation sites is 2. The molecule has 2 aromatic rings. The maximum absolute atomic E-state index is 13.0. The molecule has 0 saturated carbocycles. The summed E-state index contributed by atoms with van der Waals surface area (Å²) in [6.45, 7) is 4.16. The molecule has 1 aromatic carbocycles. The summed E-state index contributed by atoms with van der Waals surface area (Å²) < 4.78 is 11.2. The van der Waals surface area contributed by atoms with Crippen molar-refractivity contribution in [3.05, 3.63) is 40.3 Å². The van der Waals surface area contributed by atoms with Gasteiger partial charge in [0.15, 0.2) is 6.10 Å². The van der Waals surface area contributed by atoms with Crippen LogP contribution < -0.4 is 9.64 Å². The first-order valence-corrected chi connectivity index (χ1v) is 9.37. The quantitative estimate of drug-likeness (QED) is 0.802. The maximum Gasteiger partial charge on any atom is 0.278 e. The molecular weight excluding hydrogens is 354 g/mol. The Morgan fingerprint density at radius 3 is 2.73 bits per heavy atom. The molecule has 0 aliphatic carbocycles. The van der Waals surface area contributed by atoms with Crippen molar-refractivity contribution in [2.24, 2.45) is 0 Å². The van der Waals surface area contributed by atoms with Crippen molar-refractivity contribution in [2.45, 2.75) is 13.0 Å². The third-order valence-electron chi connectivity index (χ3n) is 4.46. The summed E-state index contributed by atoms with van der Waals surface area (Å²) >= 11 is 1.43. The summed E-state index contributed by atoms with van der Waals surface area (Å²) in [5, 5.41) is 2.57. The van der Waals surface area contributed by atoms with Crippen molar-refractivity contribution in [2.75, 3.05) is 37.7 Å². The number of aryl methyl sites for hydroxylation is 1. The number of aromatic nitrogens is 1.